The normalized spacial score (nSPS) is 24.0. The number of nitrogens with one attached hydrogen (secondary N) is 2. The zero-order chi connectivity index (χ0) is 20.8. The van der Waals surface area contributed by atoms with E-state index in [2.05, 4.69) is 27.8 Å². The molecule has 2 unspecified atom stereocenters. The standard InChI is InChI=1S/C23H27N5O2/c1-13-10-20(27-28-12-14(2)25-22(13)28)17-4-5-18(21-19(17)11-15(3)30-21)23(29)26-16-6-8-24-9-7-16/h4-5,10-12,16,19,21,24H,6-9H2,1-3H3,(H,26,29). The van der Waals surface area contributed by atoms with Crippen molar-refractivity contribution in [2.24, 2.45) is 5.92 Å². The van der Waals surface area contributed by atoms with Crippen molar-refractivity contribution in [1.29, 1.82) is 0 Å². The van der Waals surface area contributed by atoms with E-state index in [1.54, 1.807) is 0 Å². The van der Waals surface area contributed by atoms with Gasteiger partial charge in [-0.25, -0.2) is 9.50 Å². The monoisotopic (exact) mass is 405 g/mol. The van der Waals surface area contributed by atoms with E-state index >= 15 is 0 Å². The first-order valence-electron chi connectivity index (χ1n) is 10.6. The lowest BCUT2D eigenvalue weighted by molar-refractivity contribution is -0.119. The molecule has 3 aliphatic rings. The van der Waals surface area contributed by atoms with Crippen LogP contribution in [0.5, 0.6) is 0 Å². The number of ether oxygens (including phenoxy) is 1. The van der Waals surface area contributed by atoms with Crippen LogP contribution in [0.4, 0.5) is 0 Å². The second-order valence-electron chi connectivity index (χ2n) is 8.45. The summed E-state index contributed by atoms with van der Waals surface area (Å²) in [6.45, 7) is 7.85. The molecule has 0 bridgehead atoms. The quantitative estimate of drug-likeness (QED) is 0.820. The molecule has 7 nitrogen and oxygen atoms in total. The topological polar surface area (TPSA) is 80.6 Å². The molecule has 2 aliphatic heterocycles. The van der Waals surface area contributed by atoms with Crippen molar-refractivity contribution in [3.05, 3.63) is 58.8 Å². The van der Waals surface area contributed by atoms with Crippen molar-refractivity contribution in [3.63, 3.8) is 0 Å². The molecular formula is C23H27N5O2. The molecule has 156 valence electrons. The summed E-state index contributed by atoms with van der Waals surface area (Å²) in [6, 6.07) is 2.29. The molecule has 30 heavy (non-hydrogen) atoms. The van der Waals surface area contributed by atoms with Gasteiger partial charge in [-0.2, -0.15) is 5.10 Å². The van der Waals surface area contributed by atoms with Gasteiger partial charge in [0.25, 0.3) is 5.91 Å². The van der Waals surface area contributed by atoms with Crippen LogP contribution in [0.25, 0.3) is 11.2 Å². The number of imidazole rings is 1. The molecule has 2 atom stereocenters. The van der Waals surface area contributed by atoms with Gasteiger partial charge in [-0.1, -0.05) is 6.08 Å². The Morgan fingerprint density at radius 3 is 2.83 bits per heavy atom. The van der Waals surface area contributed by atoms with Crippen molar-refractivity contribution >= 4 is 17.1 Å². The van der Waals surface area contributed by atoms with Gasteiger partial charge in [0.1, 0.15) is 6.10 Å². The maximum absolute atomic E-state index is 13.0. The molecule has 1 saturated heterocycles. The maximum Gasteiger partial charge on any atom is 0.251 e. The number of fused-ring (bicyclic) bond motifs is 2. The molecule has 0 spiro atoms. The Morgan fingerprint density at radius 2 is 2.03 bits per heavy atom. The number of hydrogen-bond donors (Lipinski definition) is 2. The fourth-order valence-electron chi connectivity index (χ4n) is 4.63. The molecule has 1 fully saturated rings. The van der Waals surface area contributed by atoms with Gasteiger partial charge < -0.3 is 15.4 Å². The highest BCUT2D eigenvalue weighted by Gasteiger charge is 2.39. The summed E-state index contributed by atoms with van der Waals surface area (Å²) < 4.78 is 7.93. The van der Waals surface area contributed by atoms with Gasteiger partial charge in [0.2, 0.25) is 0 Å². The second-order valence-corrected chi connectivity index (χ2v) is 8.45. The van der Waals surface area contributed by atoms with Crippen LogP contribution >= 0.6 is 0 Å². The molecule has 0 radical (unpaired) electrons. The van der Waals surface area contributed by atoms with Gasteiger partial charge in [-0.3, -0.25) is 4.79 Å². The van der Waals surface area contributed by atoms with Crippen molar-refractivity contribution in [2.75, 3.05) is 13.1 Å². The summed E-state index contributed by atoms with van der Waals surface area (Å²) in [5, 5.41) is 11.3. The first-order chi connectivity index (χ1) is 14.5. The molecule has 2 aromatic rings. The van der Waals surface area contributed by atoms with Crippen LogP contribution in [0.3, 0.4) is 0 Å². The third kappa shape index (κ3) is 3.33. The van der Waals surface area contributed by atoms with Gasteiger partial charge >= 0.3 is 0 Å². The smallest absolute Gasteiger partial charge is 0.251 e. The fraction of sp³-hybridized carbons (Fsp3) is 0.435. The molecule has 2 N–H and O–H groups in total. The average molecular weight is 406 g/mol. The first kappa shape index (κ1) is 19.1. The summed E-state index contributed by atoms with van der Waals surface area (Å²) in [7, 11) is 0. The number of nitrogens with zero attached hydrogens (tertiary/aromatic N) is 3. The largest absolute Gasteiger partial charge is 0.489 e. The Morgan fingerprint density at radius 1 is 1.23 bits per heavy atom. The zero-order valence-corrected chi connectivity index (χ0v) is 17.6. The van der Waals surface area contributed by atoms with Gasteiger partial charge in [0, 0.05) is 12.0 Å². The Labute approximate surface area is 175 Å². The van der Waals surface area contributed by atoms with Crippen LogP contribution < -0.4 is 10.6 Å². The number of hydrogen-bond acceptors (Lipinski definition) is 5. The van der Waals surface area contributed by atoms with Crippen molar-refractivity contribution in [3.8, 4) is 0 Å². The number of carbonyl (C=O) groups excluding carboxylic acids is 1. The molecular weight excluding hydrogens is 378 g/mol. The van der Waals surface area contributed by atoms with Crippen molar-refractivity contribution in [1.82, 2.24) is 25.2 Å². The van der Waals surface area contributed by atoms with Crippen LogP contribution in [0.15, 0.2) is 41.8 Å². The molecule has 2 aromatic heterocycles. The van der Waals surface area contributed by atoms with E-state index in [9.17, 15) is 4.79 Å². The Bertz CT molecular complexity index is 1100. The summed E-state index contributed by atoms with van der Waals surface area (Å²) in [5.41, 5.74) is 5.52. The summed E-state index contributed by atoms with van der Waals surface area (Å²) in [4.78, 5) is 17.6. The zero-order valence-electron chi connectivity index (χ0n) is 17.6. The number of rotatable bonds is 3. The molecule has 7 heteroatoms. The van der Waals surface area contributed by atoms with E-state index in [0.717, 1.165) is 59.9 Å². The number of allylic oxidation sites excluding steroid dienone is 3. The van der Waals surface area contributed by atoms with Crippen molar-refractivity contribution in [2.45, 2.75) is 45.8 Å². The number of piperidine rings is 1. The highest BCUT2D eigenvalue weighted by Crippen LogP contribution is 2.40. The summed E-state index contributed by atoms with van der Waals surface area (Å²) in [5.74, 6) is 0.785. The third-order valence-corrected chi connectivity index (χ3v) is 6.12. The lowest BCUT2D eigenvalue weighted by Gasteiger charge is -2.29. The van der Waals surface area contributed by atoms with E-state index < -0.39 is 0 Å². The van der Waals surface area contributed by atoms with Crippen molar-refractivity contribution < 1.29 is 9.53 Å². The minimum absolute atomic E-state index is 0.0277. The Hall–Kier alpha value is -2.93. The number of amides is 1. The average Bonchev–Trinajstić information content (AvgIpc) is 3.29. The molecule has 0 saturated carbocycles. The minimum Gasteiger partial charge on any atom is -0.489 e. The predicted octanol–water partition coefficient (Wildman–Crippen LogP) is 2.46. The molecule has 1 aliphatic carbocycles. The summed E-state index contributed by atoms with van der Waals surface area (Å²) >= 11 is 0. The minimum atomic E-state index is -0.311. The van der Waals surface area contributed by atoms with Crippen LogP contribution in [-0.4, -0.2) is 45.7 Å². The second kappa shape index (κ2) is 7.40. The number of carbonyl (C=O) groups is 1. The molecule has 4 heterocycles. The highest BCUT2D eigenvalue weighted by molar-refractivity contribution is 5.97. The highest BCUT2D eigenvalue weighted by atomic mass is 16.5. The maximum atomic E-state index is 13.0. The van der Waals surface area contributed by atoms with Gasteiger partial charge in [0.15, 0.2) is 5.65 Å². The van der Waals surface area contributed by atoms with E-state index in [-0.39, 0.29) is 24.0 Å². The number of aryl methyl sites for hydroxylation is 2. The first-order valence-corrected chi connectivity index (χ1v) is 10.6. The van der Waals surface area contributed by atoms with E-state index in [1.165, 1.54) is 0 Å². The molecule has 0 aromatic carbocycles. The predicted molar refractivity (Wildman–Crippen MR) is 115 cm³/mol. The molecule has 5 rings (SSSR count). The SMILES string of the molecule is CC1=CC2C(c3cc(C)c4nc(C)cn4n3)=CC=C(C(=O)NC3CCNCC3)C2O1. The van der Waals surface area contributed by atoms with E-state index in [4.69, 9.17) is 9.84 Å². The van der Waals surface area contributed by atoms with Crippen LogP contribution in [0, 0.1) is 19.8 Å². The molecule has 1 amide bonds. The van der Waals surface area contributed by atoms with E-state index in [1.807, 2.05) is 43.6 Å². The number of aromatic nitrogens is 3. The van der Waals surface area contributed by atoms with Crippen LogP contribution in [-0.2, 0) is 9.53 Å². The van der Waals surface area contributed by atoms with Crippen LogP contribution in [0.2, 0.25) is 0 Å². The summed E-state index contributed by atoms with van der Waals surface area (Å²) in [6.07, 6.45) is 9.57. The van der Waals surface area contributed by atoms with Gasteiger partial charge in [0.05, 0.1) is 28.9 Å². The third-order valence-electron chi connectivity index (χ3n) is 6.12. The Kier molecular flexibility index (Phi) is 4.70. The van der Waals surface area contributed by atoms with Gasteiger partial charge in [-0.15, -0.1) is 0 Å². The fourth-order valence-corrected chi connectivity index (χ4v) is 4.63. The lowest BCUT2D eigenvalue weighted by atomic mass is 9.83. The van der Waals surface area contributed by atoms with Crippen LogP contribution in [0.1, 0.15) is 36.7 Å². The van der Waals surface area contributed by atoms with E-state index in [0.29, 0.717) is 5.57 Å². The Balaban J connectivity index is 1.49. The lowest BCUT2D eigenvalue weighted by Crippen LogP contribution is -2.45. The van der Waals surface area contributed by atoms with Gasteiger partial charge in [-0.05, 0) is 76.1 Å².